The number of amides is 2. The number of anilines is 1. The van der Waals surface area contributed by atoms with Gasteiger partial charge in [-0.25, -0.2) is 14.6 Å². The first kappa shape index (κ1) is 24.4. The van der Waals surface area contributed by atoms with Gasteiger partial charge in [0.15, 0.2) is 11.2 Å². The van der Waals surface area contributed by atoms with Crippen molar-refractivity contribution in [2.75, 3.05) is 11.9 Å². The van der Waals surface area contributed by atoms with E-state index in [-0.39, 0.29) is 18.9 Å². The molecule has 0 bridgehead atoms. The average molecular weight is 496 g/mol. The SMILES string of the molecule is CC(O)C(NC(=O)CCc1cnc(NC(=O)OCC2c3ccccc3-c3ccccc32)s1)C(=O)O. The van der Waals surface area contributed by atoms with Crippen LogP contribution in [-0.4, -0.2) is 51.9 Å². The van der Waals surface area contributed by atoms with E-state index >= 15 is 0 Å². The summed E-state index contributed by atoms with van der Waals surface area (Å²) in [5.41, 5.74) is 4.54. The summed E-state index contributed by atoms with van der Waals surface area (Å²) in [6.07, 6.45) is 0.0328. The van der Waals surface area contributed by atoms with Gasteiger partial charge in [-0.3, -0.25) is 10.1 Å². The molecule has 4 rings (SSSR count). The van der Waals surface area contributed by atoms with Crippen LogP contribution in [0.5, 0.6) is 0 Å². The highest BCUT2D eigenvalue weighted by molar-refractivity contribution is 7.15. The Morgan fingerprint density at radius 1 is 1.09 bits per heavy atom. The maximum absolute atomic E-state index is 12.4. The molecule has 9 nitrogen and oxygen atoms in total. The number of carbonyl (C=O) groups excluding carboxylic acids is 2. The zero-order valence-electron chi connectivity index (χ0n) is 18.9. The van der Waals surface area contributed by atoms with E-state index in [1.165, 1.54) is 18.3 Å². The fourth-order valence-electron chi connectivity index (χ4n) is 4.07. The Morgan fingerprint density at radius 2 is 1.71 bits per heavy atom. The molecule has 2 aromatic carbocycles. The van der Waals surface area contributed by atoms with Crippen molar-refractivity contribution >= 4 is 34.4 Å². The van der Waals surface area contributed by atoms with Gasteiger partial charge in [0.05, 0.1) is 6.10 Å². The summed E-state index contributed by atoms with van der Waals surface area (Å²) >= 11 is 1.20. The van der Waals surface area contributed by atoms with Crippen molar-refractivity contribution in [2.45, 2.75) is 37.8 Å². The van der Waals surface area contributed by atoms with E-state index in [2.05, 4.69) is 27.8 Å². The number of aliphatic hydroxyl groups excluding tert-OH is 1. The number of aliphatic carboxylic acids is 1. The van der Waals surface area contributed by atoms with Crippen molar-refractivity contribution in [3.05, 3.63) is 70.7 Å². The number of aryl methyl sites for hydroxylation is 1. The Labute approximate surface area is 205 Å². The monoisotopic (exact) mass is 495 g/mol. The summed E-state index contributed by atoms with van der Waals surface area (Å²) in [5, 5.41) is 23.7. The molecule has 0 spiro atoms. The van der Waals surface area contributed by atoms with Crippen LogP contribution in [0, 0.1) is 0 Å². The molecule has 182 valence electrons. The Morgan fingerprint density at radius 3 is 2.31 bits per heavy atom. The highest BCUT2D eigenvalue weighted by atomic mass is 32.1. The second-order valence-electron chi connectivity index (χ2n) is 8.21. The van der Waals surface area contributed by atoms with Crippen LogP contribution < -0.4 is 10.6 Å². The number of aliphatic hydroxyl groups is 1. The number of nitrogens with one attached hydrogen (secondary N) is 2. The van der Waals surface area contributed by atoms with Gasteiger partial charge in [0.2, 0.25) is 5.91 Å². The molecule has 0 saturated heterocycles. The lowest BCUT2D eigenvalue weighted by Gasteiger charge is -2.16. The van der Waals surface area contributed by atoms with Crippen molar-refractivity contribution in [1.82, 2.24) is 10.3 Å². The number of carboxylic acid groups (broad SMARTS) is 1. The fraction of sp³-hybridized carbons (Fsp3) is 0.280. The molecule has 0 saturated carbocycles. The molecule has 4 N–H and O–H groups in total. The van der Waals surface area contributed by atoms with Crippen LogP contribution in [0.4, 0.5) is 9.93 Å². The average Bonchev–Trinajstić information content (AvgIpc) is 3.41. The Bertz CT molecular complexity index is 1200. The van der Waals surface area contributed by atoms with Gasteiger partial charge in [-0.2, -0.15) is 0 Å². The van der Waals surface area contributed by atoms with Gasteiger partial charge >= 0.3 is 12.1 Å². The summed E-state index contributed by atoms with van der Waals surface area (Å²) in [6, 6.07) is 14.8. The zero-order valence-corrected chi connectivity index (χ0v) is 19.7. The van der Waals surface area contributed by atoms with Gasteiger partial charge in [0.1, 0.15) is 6.61 Å². The number of rotatable bonds is 9. The number of fused-ring (bicyclic) bond motifs is 3. The van der Waals surface area contributed by atoms with Gasteiger partial charge in [-0.15, -0.1) is 11.3 Å². The van der Waals surface area contributed by atoms with Crippen LogP contribution >= 0.6 is 11.3 Å². The van der Waals surface area contributed by atoms with Crippen molar-refractivity contribution < 1.29 is 29.3 Å². The first-order valence-electron chi connectivity index (χ1n) is 11.1. The van der Waals surface area contributed by atoms with Crippen molar-refractivity contribution in [1.29, 1.82) is 0 Å². The smallest absolute Gasteiger partial charge is 0.413 e. The summed E-state index contributed by atoms with van der Waals surface area (Å²) in [6.45, 7) is 1.48. The fourth-order valence-corrected chi connectivity index (χ4v) is 4.87. The van der Waals surface area contributed by atoms with E-state index in [0.717, 1.165) is 27.1 Å². The largest absolute Gasteiger partial charge is 0.480 e. The topological polar surface area (TPSA) is 138 Å². The van der Waals surface area contributed by atoms with Crippen molar-refractivity contribution in [3.8, 4) is 11.1 Å². The molecular formula is C25H25N3O6S. The molecule has 0 radical (unpaired) electrons. The predicted molar refractivity (Wildman–Crippen MR) is 130 cm³/mol. The van der Waals surface area contributed by atoms with Crippen LogP contribution in [0.25, 0.3) is 11.1 Å². The van der Waals surface area contributed by atoms with E-state index in [1.807, 2.05) is 36.4 Å². The van der Waals surface area contributed by atoms with Crippen LogP contribution in [0.3, 0.4) is 0 Å². The van der Waals surface area contributed by atoms with E-state index in [9.17, 15) is 19.5 Å². The van der Waals surface area contributed by atoms with Crippen LogP contribution in [-0.2, 0) is 20.7 Å². The highest BCUT2D eigenvalue weighted by Gasteiger charge is 2.29. The molecule has 1 aliphatic rings. The summed E-state index contributed by atoms with van der Waals surface area (Å²) in [5.74, 6) is -1.85. The quantitative estimate of drug-likeness (QED) is 0.357. The maximum atomic E-state index is 12.4. The van der Waals surface area contributed by atoms with Gasteiger partial charge in [-0.05, 0) is 35.6 Å². The molecule has 1 aromatic heterocycles. The standard InChI is InChI=1S/C25H25N3O6S/c1-14(29)22(23(31)32)27-21(30)11-10-15-12-26-24(35-15)28-25(33)34-13-20-18-8-4-2-6-16(18)17-7-3-5-9-19(17)20/h2-9,12,14,20,22,29H,10-11,13H2,1H3,(H,27,30)(H,31,32)(H,26,28,33). The second kappa shape index (κ2) is 10.7. The molecule has 0 fully saturated rings. The first-order chi connectivity index (χ1) is 16.8. The number of carbonyl (C=O) groups is 3. The lowest BCUT2D eigenvalue weighted by molar-refractivity contribution is -0.144. The molecule has 0 aliphatic heterocycles. The molecule has 10 heteroatoms. The summed E-state index contributed by atoms with van der Waals surface area (Å²) in [7, 11) is 0. The van der Waals surface area contributed by atoms with Gasteiger partial charge in [0.25, 0.3) is 0 Å². The molecule has 3 aromatic rings. The van der Waals surface area contributed by atoms with Crippen molar-refractivity contribution in [2.24, 2.45) is 0 Å². The minimum Gasteiger partial charge on any atom is -0.480 e. The predicted octanol–water partition coefficient (Wildman–Crippen LogP) is 3.39. The number of benzene rings is 2. The maximum Gasteiger partial charge on any atom is 0.413 e. The van der Waals surface area contributed by atoms with Crippen LogP contribution in [0.1, 0.15) is 35.3 Å². The summed E-state index contributed by atoms with van der Waals surface area (Å²) < 4.78 is 5.51. The first-order valence-corrected chi connectivity index (χ1v) is 11.9. The van der Waals surface area contributed by atoms with Gasteiger partial charge < -0.3 is 20.3 Å². The number of hydrogen-bond donors (Lipinski definition) is 4. The van der Waals surface area contributed by atoms with Gasteiger partial charge in [-0.1, -0.05) is 48.5 Å². The van der Waals surface area contributed by atoms with Crippen LogP contribution in [0.2, 0.25) is 0 Å². The van der Waals surface area contributed by atoms with E-state index < -0.39 is 30.1 Å². The normalized spacial score (nSPS) is 13.9. The van der Waals surface area contributed by atoms with E-state index in [4.69, 9.17) is 9.84 Å². The number of thiazole rings is 1. The molecule has 1 heterocycles. The van der Waals surface area contributed by atoms with Crippen molar-refractivity contribution in [3.63, 3.8) is 0 Å². The van der Waals surface area contributed by atoms with E-state index in [1.54, 1.807) is 6.20 Å². The number of hydrogen-bond acceptors (Lipinski definition) is 7. The molecule has 35 heavy (non-hydrogen) atoms. The zero-order chi connectivity index (χ0) is 24.9. The Hall–Kier alpha value is -3.76. The molecule has 2 unspecified atom stereocenters. The molecule has 1 aliphatic carbocycles. The lowest BCUT2D eigenvalue weighted by atomic mass is 9.98. The van der Waals surface area contributed by atoms with E-state index in [0.29, 0.717) is 11.6 Å². The Kier molecular flexibility index (Phi) is 7.42. The third-order valence-electron chi connectivity index (χ3n) is 5.77. The number of nitrogens with zero attached hydrogens (tertiary/aromatic N) is 1. The highest BCUT2D eigenvalue weighted by Crippen LogP contribution is 2.44. The minimum absolute atomic E-state index is 0.0169. The lowest BCUT2D eigenvalue weighted by Crippen LogP contribution is -2.47. The Balaban J connectivity index is 1.28. The molecule has 2 atom stereocenters. The number of aromatic nitrogens is 1. The minimum atomic E-state index is -1.37. The third-order valence-corrected chi connectivity index (χ3v) is 6.74. The summed E-state index contributed by atoms with van der Waals surface area (Å²) in [4.78, 5) is 40.4. The third kappa shape index (κ3) is 5.67. The molecular weight excluding hydrogens is 470 g/mol. The second-order valence-corrected chi connectivity index (χ2v) is 9.32. The molecule has 2 amide bonds. The van der Waals surface area contributed by atoms with Gasteiger partial charge in [0, 0.05) is 23.4 Å². The number of carboxylic acids is 1. The number of ether oxygens (including phenoxy) is 1. The van der Waals surface area contributed by atoms with Crippen LogP contribution in [0.15, 0.2) is 54.7 Å².